The summed E-state index contributed by atoms with van der Waals surface area (Å²) in [4.78, 5) is 11.7. The minimum atomic E-state index is -4.81. The Labute approximate surface area is 108 Å². The highest BCUT2D eigenvalue weighted by atomic mass is 19.4. The SMILES string of the molecule is CC(N)C(C)C(=O)Nc1ccccc1OC(F)(F)F. The topological polar surface area (TPSA) is 64.4 Å². The summed E-state index contributed by atoms with van der Waals surface area (Å²) < 4.78 is 40.4. The van der Waals surface area contributed by atoms with E-state index in [0.717, 1.165) is 6.07 Å². The van der Waals surface area contributed by atoms with Gasteiger partial charge in [-0.1, -0.05) is 19.1 Å². The smallest absolute Gasteiger partial charge is 0.404 e. The van der Waals surface area contributed by atoms with Gasteiger partial charge in [0.05, 0.1) is 11.6 Å². The molecule has 0 aliphatic rings. The van der Waals surface area contributed by atoms with Gasteiger partial charge in [0.15, 0.2) is 5.75 Å². The number of benzene rings is 1. The third-order valence-electron chi connectivity index (χ3n) is 2.57. The zero-order valence-corrected chi connectivity index (χ0v) is 10.5. The molecule has 0 saturated heterocycles. The molecule has 0 radical (unpaired) electrons. The van der Waals surface area contributed by atoms with Crippen LogP contribution in [-0.4, -0.2) is 18.3 Å². The van der Waals surface area contributed by atoms with Gasteiger partial charge in [-0.25, -0.2) is 0 Å². The van der Waals surface area contributed by atoms with Crippen molar-refractivity contribution in [2.45, 2.75) is 26.3 Å². The van der Waals surface area contributed by atoms with Crippen LogP contribution in [0.25, 0.3) is 0 Å². The predicted molar refractivity (Wildman–Crippen MR) is 64.6 cm³/mol. The summed E-state index contributed by atoms with van der Waals surface area (Å²) in [6, 6.07) is 4.92. The number of amides is 1. The fourth-order valence-corrected chi connectivity index (χ4v) is 1.27. The lowest BCUT2D eigenvalue weighted by Crippen LogP contribution is -2.34. The summed E-state index contributed by atoms with van der Waals surface area (Å²) in [6.07, 6.45) is -4.81. The van der Waals surface area contributed by atoms with Crippen molar-refractivity contribution in [3.63, 3.8) is 0 Å². The zero-order chi connectivity index (χ0) is 14.6. The lowest BCUT2D eigenvalue weighted by Gasteiger charge is -2.17. The van der Waals surface area contributed by atoms with E-state index in [1.807, 2.05) is 0 Å². The van der Waals surface area contributed by atoms with E-state index in [1.165, 1.54) is 18.2 Å². The highest BCUT2D eigenvalue weighted by Gasteiger charge is 2.32. The monoisotopic (exact) mass is 276 g/mol. The Kier molecular flexibility index (Phi) is 4.77. The average molecular weight is 276 g/mol. The lowest BCUT2D eigenvalue weighted by molar-refractivity contribution is -0.274. The van der Waals surface area contributed by atoms with Crippen LogP contribution in [0.4, 0.5) is 18.9 Å². The maximum absolute atomic E-state index is 12.2. The molecule has 1 amide bonds. The molecule has 0 spiro atoms. The maximum Gasteiger partial charge on any atom is 0.573 e. The van der Waals surface area contributed by atoms with Crippen LogP contribution in [0.5, 0.6) is 5.75 Å². The second kappa shape index (κ2) is 5.92. The molecule has 3 N–H and O–H groups in total. The van der Waals surface area contributed by atoms with Crippen LogP contribution in [0.2, 0.25) is 0 Å². The Hall–Kier alpha value is -1.76. The van der Waals surface area contributed by atoms with Gasteiger partial charge >= 0.3 is 6.36 Å². The van der Waals surface area contributed by atoms with Gasteiger partial charge < -0.3 is 15.8 Å². The number of nitrogens with one attached hydrogen (secondary N) is 1. The Morgan fingerprint density at radius 1 is 1.32 bits per heavy atom. The van der Waals surface area contributed by atoms with Crippen molar-refractivity contribution < 1.29 is 22.7 Å². The summed E-state index contributed by atoms with van der Waals surface area (Å²) in [5.74, 6) is -1.45. The number of anilines is 1. The molecule has 106 valence electrons. The molecule has 2 atom stereocenters. The van der Waals surface area contributed by atoms with E-state index in [9.17, 15) is 18.0 Å². The first kappa shape index (κ1) is 15.3. The Morgan fingerprint density at radius 3 is 2.42 bits per heavy atom. The number of nitrogens with two attached hydrogens (primary N) is 1. The standard InChI is InChI=1S/C12H15F3N2O2/c1-7(8(2)16)11(18)17-9-5-3-4-6-10(9)19-12(13,14)15/h3-8H,16H2,1-2H3,(H,17,18). The fourth-order valence-electron chi connectivity index (χ4n) is 1.27. The molecule has 0 saturated carbocycles. The molecule has 0 bridgehead atoms. The van der Waals surface area contributed by atoms with Crippen LogP contribution >= 0.6 is 0 Å². The molecular formula is C12H15F3N2O2. The summed E-state index contributed by atoms with van der Waals surface area (Å²) in [7, 11) is 0. The van der Waals surface area contributed by atoms with Crippen molar-refractivity contribution in [2.75, 3.05) is 5.32 Å². The van der Waals surface area contributed by atoms with E-state index in [2.05, 4.69) is 10.1 Å². The number of hydrogen-bond donors (Lipinski definition) is 2. The van der Waals surface area contributed by atoms with Crippen molar-refractivity contribution in [3.8, 4) is 5.75 Å². The first-order valence-corrected chi connectivity index (χ1v) is 5.62. The van der Waals surface area contributed by atoms with Crippen LogP contribution in [0, 0.1) is 5.92 Å². The number of ether oxygens (including phenoxy) is 1. The number of carbonyl (C=O) groups excluding carboxylic acids is 1. The first-order chi connectivity index (χ1) is 8.70. The van der Waals surface area contributed by atoms with Crippen molar-refractivity contribution >= 4 is 11.6 Å². The highest BCUT2D eigenvalue weighted by molar-refractivity contribution is 5.94. The van der Waals surface area contributed by atoms with Gasteiger partial charge in [-0.3, -0.25) is 4.79 Å². The van der Waals surface area contributed by atoms with E-state index < -0.39 is 30.0 Å². The Morgan fingerprint density at radius 2 is 1.89 bits per heavy atom. The molecular weight excluding hydrogens is 261 g/mol. The molecule has 0 fully saturated rings. The predicted octanol–water partition coefficient (Wildman–Crippen LogP) is 2.51. The van der Waals surface area contributed by atoms with Crippen LogP contribution in [-0.2, 0) is 4.79 Å². The lowest BCUT2D eigenvalue weighted by atomic mass is 10.0. The molecule has 19 heavy (non-hydrogen) atoms. The quantitative estimate of drug-likeness (QED) is 0.888. The summed E-state index contributed by atoms with van der Waals surface area (Å²) in [5, 5.41) is 2.37. The van der Waals surface area contributed by atoms with Gasteiger partial charge in [-0.05, 0) is 19.1 Å². The van der Waals surface area contributed by atoms with Crippen molar-refractivity contribution in [1.82, 2.24) is 0 Å². The summed E-state index contributed by atoms with van der Waals surface area (Å²) in [5.41, 5.74) is 5.51. The molecule has 4 nitrogen and oxygen atoms in total. The second-order valence-electron chi connectivity index (χ2n) is 4.18. The average Bonchev–Trinajstić information content (AvgIpc) is 2.28. The first-order valence-electron chi connectivity index (χ1n) is 5.62. The zero-order valence-electron chi connectivity index (χ0n) is 10.5. The highest BCUT2D eigenvalue weighted by Crippen LogP contribution is 2.30. The molecule has 2 unspecified atom stereocenters. The van der Waals surface area contributed by atoms with Gasteiger partial charge in [-0.15, -0.1) is 13.2 Å². The van der Waals surface area contributed by atoms with Gasteiger partial charge in [0.1, 0.15) is 0 Å². The van der Waals surface area contributed by atoms with Crippen LogP contribution in [0.3, 0.4) is 0 Å². The minimum Gasteiger partial charge on any atom is -0.404 e. The Bertz CT molecular complexity index is 447. The van der Waals surface area contributed by atoms with Crippen molar-refractivity contribution in [3.05, 3.63) is 24.3 Å². The van der Waals surface area contributed by atoms with E-state index in [-0.39, 0.29) is 5.69 Å². The molecule has 1 rings (SSSR count). The molecule has 0 aliphatic heterocycles. The number of halogens is 3. The fraction of sp³-hybridized carbons (Fsp3) is 0.417. The molecule has 1 aromatic carbocycles. The van der Waals surface area contributed by atoms with E-state index >= 15 is 0 Å². The van der Waals surface area contributed by atoms with Gasteiger partial charge in [0.25, 0.3) is 0 Å². The third-order valence-corrected chi connectivity index (χ3v) is 2.57. The summed E-state index contributed by atoms with van der Waals surface area (Å²) in [6.45, 7) is 3.23. The van der Waals surface area contributed by atoms with E-state index in [4.69, 9.17) is 5.73 Å². The minimum absolute atomic E-state index is 0.0441. The molecule has 0 heterocycles. The molecule has 0 aromatic heterocycles. The number of alkyl halides is 3. The second-order valence-corrected chi connectivity index (χ2v) is 4.18. The molecule has 1 aromatic rings. The van der Waals surface area contributed by atoms with E-state index in [0.29, 0.717) is 0 Å². The normalized spacial score (nSPS) is 14.6. The largest absolute Gasteiger partial charge is 0.573 e. The maximum atomic E-state index is 12.2. The van der Waals surface area contributed by atoms with E-state index in [1.54, 1.807) is 13.8 Å². The summed E-state index contributed by atoms with van der Waals surface area (Å²) >= 11 is 0. The number of rotatable bonds is 4. The van der Waals surface area contributed by atoms with Gasteiger partial charge in [0, 0.05) is 6.04 Å². The van der Waals surface area contributed by atoms with Gasteiger partial charge in [0.2, 0.25) is 5.91 Å². The number of para-hydroxylation sites is 2. The van der Waals surface area contributed by atoms with Crippen LogP contribution < -0.4 is 15.8 Å². The Balaban J connectivity index is 2.87. The third kappa shape index (κ3) is 4.78. The van der Waals surface area contributed by atoms with Crippen LogP contribution in [0.1, 0.15) is 13.8 Å². The number of carbonyl (C=O) groups is 1. The van der Waals surface area contributed by atoms with Crippen LogP contribution in [0.15, 0.2) is 24.3 Å². The van der Waals surface area contributed by atoms with Crippen molar-refractivity contribution in [1.29, 1.82) is 0 Å². The molecule has 0 aliphatic carbocycles. The van der Waals surface area contributed by atoms with Crippen molar-refractivity contribution in [2.24, 2.45) is 11.7 Å². The number of hydrogen-bond acceptors (Lipinski definition) is 3. The molecule has 7 heteroatoms. The van der Waals surface area contributed by atoms with Gasteiger partial charge in [-0.2, -0.15) is 0 Å².